The van der Waals surface area contributed by atoms with Gasteiger partial charge in [-0.2, -0.15) is 0 Å². The number of nitrogens with two attached hydrogens (primary N) is 1. The molecule has 2 N–H and O–H groups in total. The molecule has 0 saturated carbocycles. The number of thiophene rings is 1. The van der Waals surface area contributed by atoms with Crippen molar-refractivity contribution in [3.05, 3.63) is 34.7 Å². The first-order valence-electron chi connectivity index (χ1n) is 5.25. The Balaban J connectivity index is 2.41. The van der Waals surface area contributed by atoms with Crippen LogP contribution in [-0.2, 0) is 0 Å². The van der Waals surface area contributed by atoms with Crippen LogP contribution in [0.2, 0.25) is 0 Å². The monoisotopic (exact) mass is 215 g/mol. The molecule has 1 atom stereocenters. The third-order valence-corrected chi connectivity index (χ3v) is 4.54. The Kier molecular flexibility index (Phi) is 1.86. The average Bonchev–Trinajstić information content (AvgIpc) is 2.60. The highest BCUT2D eigenvalue weighted by Gasteiger charge is 2.18. The van der Waals surface area contributed by atoms with Crippen LogP contribution in [0.4, 0.5) is 5.69 Å². The van der Waals surface area contributed by atoms with Crippen molar-refractivity contribution in [1.82, 2.24) is 0 Å². The van der Waals surface area contributed by atoms with E-state index in [0.29, 0.717) is 5.92 Å². The summed E-state index contributed by atoms with van der Waals surface area (Å²) in [4.78, 5) is 1.49. The van der Waals surface area contributed by atoms with E-state index in [-0.39, 0.29) is 0 Å². The van der Waals surface area contributed by atoms with Crippen LogP contribution >= 0.6 is 11.3 Å². The fraction of sp³-hybridized carbons (Fsp3) is 0.231. The van der Waals surface area contributed by atoms with Crippen molar-refractivity contribution in [3.63, 3.8) is 0 Å². The van der Waals surface area contributed by atoms with E-state index in [1.54, 1.807) is 0 Å². The topological polar surface area (TPSA) is 26.0 Å². The zero-order valence-corrected chi connectivity index (χ0v) is 9.47. The van der Waals surface area contributed by atoms with E-state index < -0.39 is 0 Å². The second-order valence-electron chi connectivity index (χ2n) is 4.14. The summed E-state index contributed by atoms with van der Waals surface area (Å²) >= 11 is 1.86. The summed E-state index contributed by atoms with van der Waals surface area (Å²) in [6.07, 6.45) is 5.66. The molecule has 0 fully saturated rings. The number of hydrogen-bond donors (Lipinski definition) is 1. The molecule has 3 rings (SSSR count). The van der Waals surface area contributed by atoms with E-state index in [2.05, 4.69) is 25.1 Å². The molecule has 1 unspecified atom stereocenters. The molecule has 2 heteroatoms. The minimum atomic E-state index is 0.641. The van der Waals surface area contributed by atoms with Crippen molar-refractivity contribution in [3.8, 4) is 0 Å². The zero-order chi connectivity index (χ0) is 10.4. The number of hydrogen-bond acceptors (Lipinski definition) is 2. The van der Waals surface area contributed by atoms with Gasteiger partial charge in [0.25, 0.3) is 0 Å². The molecule has 1 aliphatic carbocycles. The van der Waals surface area contributed by atoms with Crippen molar-refractivity contribution in [2.45, 2.75) is 19.3 Å². The molecule has 0 bridgehead atoms. The molecule has 0 spiro atoms. The second-order valence-corrected chi connectivity index (χ2v) is 5.20. The molecule has 0 saturated heterocycles. The Hall–Kier alpha value is -1.28. The molecular formula is C13H13NS. The van der Waals surface area contributed by atoms with Crippen LogP contribution < -0.4 is 5.73 Å². The molecule has 1 aliphatic rings. The first kappa shape index (κ1) is 8.98. The van der Waals surface area contributed by atoms with Crippen molar-refractivity contribution in [2.24, 2.45) is 0 Å². The van der Waals surface area contributed by atoms with E-state index in [0.717, 1.165) is 12.1 Å². The summed E-state index contributed by atoms with van der Waals surface area (Å²) in [5.41, 5.74) is 8.30. The molecule has 0 radical (unpaired) electrons. The number of anilines is 1. The van der Waals surface area contributed by atoms with Crippen molar-refractivity contribution < 1.29 is 0 Å². The normalized spacial score (nSPS) is 19.4. The first-order chi connectivity index (χ1) is 7.27. The highest BCUT2D eigenvalue weighted by molar-refractivity contribution is 7.20. The van der Waals surface area contributed by atoms with Crippen molar-refractivity contribution in [2.75, 3.05) is 5.73 Å². The first-order valence-corrected chi connectivity index (χ1v) is 6.06. The molecule has 76 valence electrons. The van der Waals surface area contributed by atoms with Gasteiger partial charge in [0, 0.05) is 16.0 Å². The minimum Gasteiger partial charge on any atom is -0.398 e. The summed E-state index contributed by atoms with van der Waals surface area (Å²) < 4.78 is 1.25. The smallest absolute Gasteiger partial charge is 0.0581 e. The van der Waals surface area contributed by atoms with Gasteiger partial charge in [-0.15, -0.1) is 11.3 Å². The van der Waals surface area contributed by atoms with Gasteiger partial charge in [-0.25, -0.2) is 0 Å². The van der Waals surface area contributed by atoms with E-state index in [4.69, 9.17) is 5.73 Å². The van der Waals surface area contributed by atoms with Gasteiger partial charge < -0.3 is 5.73 Å². The maximum Gasteiger partial charge on any atom is 0.0581 e. The van der Waals surface area contributed by atoms with Crippen molar-refractivity contribution >= 4 is 33.2 Å². The molecule has 1 aromatic carbocycles. The minimum absolute atomic E-state index is 0.641. The third-order valence-electron chi connectivity index (χ3n) is 3.03. The van der Waals surface area contributed by atoms with Crippen LogP contribution in [0.15, 0.2) is 24.3 Å². The van der Waals surface area contributed by atoms with Gasteiger partial charge in [-0.3, -0.25) is 0 Å². The molecule has 2 aromatic rings. The van der Waals surface area contributed by atoms with Gasteiger partial charge in [-0.1, -0.05) is 31.2 Å². The highest BCUT2D eigenvalue weighted by atomic mass is 32.1. The lowest BCUT2D eigenvalue weighted by Crippen LogP contribution is -1.94. The Morgan fingerprint density at radius 1 is 1.40 bits per heavy atom. The summed E-state index contributed by atoms with van der Waals surface area (Å²) in [5.74, 6) is 0.641. The van der Waals surface area contributed by atoms with Crippen LogP contribution in [0.25, 0.3) is 16.2 Å². The molecule has 1 heterocycles. The van der Waals surface area contributed by atoms with Crippen LogP contribution in [0, 0.1) is 0 Å². The van der Waals surface area contributed by atoms with E-state index in [1.807, 2.05) is 23.5 Å². The fourth-order valence-electron chi connectivity index (χ4n) is 2.21. The molecule has 15 heavy (non-hydrogen) atoms. The van der Waals surface area contributed by atoms with Gasteiger partial charge in [0.2, 0.25) is 0 Å². The Morgan fingerprint density at radius 2 is 2.27 bits per heavy atom. The number of benzene rings is 1. The Morgan fingerprint density at radius 3 is 3.13 bits per heavy atom. The van der Waals surface area contributed by atoms with Crippen molar-refractivity contribution in [1.29, 1.82) is 0 Å². The fourth-order valence-corrected chi connectivity index (χ4v) is 3.49. The van der Waals surface area contributed by atoms with Crippen LogP contribution in [-0.4, -0.2) is 0 Å². The molecule has 0 amide bonds. The highest BCUT2D eigenvalue weighted by Crippen LogP contribution is 2.42. The van der Waals surface area contributed by atoms with Gasteiger partial charge in [0.1, 0.15) is 0 Å². The third kappa shape index (κ3) is 1.21. The number of nitrogen functional groups attached to an aromatic ring is 1. The standard InChI is InChI=1S/C13H13NS/c1-8-4-2-5-9-10-6-3-7-11(14)13(10)15-12(8)9/h2-3,5-8H,4,14H2,1H3. The Labute approximate surface area is 93.2 Å². The molecule has 1 aromatic heterocycles. The predicted octanol–water partition coefficient (Wildman–Crippen LogP) is 4.00. The number of fused-ring (bicyclic) bond motifs is 3. The van der Waals surface area contributed by atoms with E-state index in [9.17, 15) is 0 Å². The lowest BCUT2D eigenvalue weighted by molar-refractivity contribution is 0.791. The summed E-state index contributed by atoms with van der Waals surface area (Å²) in [6, 6.07) is 6.19. The molecule has 0 aliphatic heterocycles. The predicted molar refractivity (Wildman–Crippen MR) is 68.3 cm³/mol. The van der Waals surface area contributed by atoms with Crippen LogP contribution in [0.3, 0.4) is 0 Å². The van der Waals surface area contributed by atoms with Gasteiger partial charge in [0.15, 0.2) is 0 Å². The Bertz CT molecular complexity index is 551. The summed E-state index contributed by atoms with van der Waals surface area (Å²) in [5, 5.41) is 1.32. The number of rotatable bonds is 0. The van der Waals surface area contributed by atoms with E-state index >= 15 is 0 Å². The van der Waals surface area contributed by atoms with Crippen LogP contribution in [0.5, 0.6) is 0 Å². The molecule has 1 nitrogen and oxygen atoms in total. The molecular weight excluding hydrogens is 202 g/mol. The maximum absolute atomic E-state index is 6.00. The zero-order valence-electron chi connectivity index (χ0n) is 8.66. The largest absolute Gasteiger partial charge is 0.398 e. The van der Waals surface area contributed by atoms with Gasteiger partial charge >= 0.3 is 0 Å². The average molecular weight is 215 g/mol. The summed E-state index contributed by atoms with van der Waals surface area (Å²) in [7, 11) is 0. The quantitative estimate of drug-likeness (QED) is 0.660. The maximum atomic E-state index is 6.00. The number of allylic oxidation sites excluding steroid dienone is 1. The van der Waals surface area contributed by atoms with Crippen LogP contribution in [0.1, 0.15) is 29.7 Å². The van der Waals surface area contributed by atoms with Gasteiger partial charge in [-0.05, 0) is 24.0 Å². The summed E-state index contributed by atoms with van der Waals surface area (Å²) in [6.45, 7) is 2.29. The second kappa shape index (κ2) is 3.11. The SMILES string of the molecule is CC1CC=Cc2c1sc1c(N)cccc21. The van der Waals surface area contributed by atoms with E-state index in [1.165, 1.54) is 20.5 Å². The lowest BCUT2D eigenvalue weighted by atomic mass is 9.95. The van der Waals surface area contributed by atoms with Gasteiger partial charge in [0.05, 0.1) is 4.70 Å². The lowest BCUT2D eigenvalue weighted by Gasteiger charge is -2.12.